The van der Waals surface area contributed by atoms with Gasteiger partial charge in [-0.3, -0.25) is 4.79 Å². The Morgan fingerprint density at radius 3 is 2.64 bits per heavy atom. The van der Waals surface area contributed by atoms with Crippen LogP contribution in [0.5, 0.6) is 0 Å². The summed E-state index contributed by atoms with van der Waals surface area (Å²) in [5.74, 6) is 0.0790. The van der Waals surface area contributed by atoms with Gasteiger partial charge in [0.15, 0.2) is 5.78 Å². The van der Waals surface area contributed by atoms with Crippen LogP contribution < -0.4 is 0 Å². The molecule has 2 nitrogen and oxygen atoms in total. The van der Waals surface area contributed by atoms with E-state index in [2.05, 4.69) is 6.07 Å². The van der Waals surface area contributed by atoms with Gasteiger partial charge in [0.1, 0.15) is 0 Å². The first-order chi connectivity index (χ1) is 6.74. The fraction of sp³-hybridized carbons (Fsp3) is 0.333. The maximum absolute atomic E-state index is 11.6. The van der Waals surface area contributed by atoms with Gasteiger partial charge in [-0.15, -0.1) is 0 Å². The first kappa shape index (κ1) is 10.5. The van der Waals surface area contributed by atoms with Gasteiger partial charge in [0, 0.05) is 17.9 Å². The molecule has 0 unspecified atom stereocenters. The van der Waals surface area contributed by atoms with Gasteiger partial charge in [-0.1, -0.05) is 30.3 Å². The average molecular weight is 187 g/mol. The molecule has 1 aromatic carbocycles. The van der Waals surface area contributed by atoms with Crippen molar-refractivity contribution in [2.24, 2.45) is 5.92 Å². The summed E-state index contributed by atoms with van der Waals surface area (Å²) in [5, 5.41) is 8.56. The third-order valence-electron chi connectivity index (χ3n) is 2.12. The minimum absolute atomic E-state index is 0.0392. The summed E-state index contributed by atoms with van der Waals surface area (Å²) in [5.41, 5.74) is 0.734. The van der Waals surface area contributed by atoms with E-state index in [0.717, 1.165) is 5.56 Å². The summed E-state index contributed by atoms with van der Waals surface area (Å²) in [6.07, 6.45) is 1.10. The number of benzene rings is 1. The molecular weight excluding hydrogens is 174 g/mol. The topological polar surface area (TPSA) is 40.9 Å². The summed E-state index contributed by atoms with van der Waals surface area (Å²) in [4.78, 5) is 11.6. The first-order valence-electron chi connectivity index (χ1n) is 4.72. The summed E-state index contributed by atoms with van der Waals surface area (Å²) in [6.45, 7) is 1.83. The average Bonchev–Trinajstić information content (AvgIpc) is 2.26. The Balaban J connectivity index is 2.49. The second-order valence-electron chi connectivity index (χ2n) is 3.36. The smallest absolute Gasteiger partial charge is 0.162 e. The van der Waals surface area contributed by atoms with Crippen LogP contribution in [0.2, 0.25) is 0 Å². The van der Waals surface area contributed by atoms with Gasteiger partial charge in [0.05, 0.1) is 6.07 Å². The van der Waals surface area contributed by atoms with Crippen LogP contribution in [0.15, 0.2) is 30.3 Å². The SMILES string of the molecule is C[C@@H](C#N)CCC(=O)c1ccccc1. The van der Waals surface area contributed by atoms with E-state index >= 15 is 0 Å². The Morgan fingerprint density at radius 1 is 1.43 bits per heavy atom. The molecular formula is C12H13NO. The molecule has 0 amide bonds. The Morgan fingerprint density at radius 2 is 2.07 bits per heavy atom. The van der Waals surface area contributed by atoms with Gasteiger partial charge in [-0.05, 0) is 13.3 Å². The molecule has 0 N–H and O–H groups in total. The van der Waals surface area contributed by atoms with Crippen molar-refractivity contribution in [3.8, 4) is 6.07 Å². The Kier molecular flexibility index (Phi) is 3.87. The number of carbonyl (C=O) groups excluding carboxylic acids is 1. The van der Waals surface area contributed by atoms with Crippen LogP contribution in [-0.4, -0.2) is 5.78 Å². The maximum Gasteiger partial charge on any atom is 0.162 e. The highest BCUT2D eigenvalue weighted by molar-refractivity contribution is 5.95. The number of carbonyl (C=O) groups is 1. The molecule has 0 aliphatic heterocycles. The number of ketones is 1. The number of nitrogens with zero attached hydrogens (tertiary/aromatic N) is 1. The van der Waals surface area contributed by atoms with Crippen molar-refractivity contribution >= 4 is 5.78 Å². The zero-order valence-electron chi connectivity index (χ0n) is 8.23. The molecule has 72 valence electrons. The molecule has 1 atom stereocenters. The van der Waals surface area contributed by atoms with Crippen molar-refractivity contribution in [3.63, 3.8) is 0 Å². The van der Waals surface area contributed by atoms with Crippen LogP contribution >= 0.6 is 0 Å². The van der Waals surface area contributed by atoms with E-state index in [0.29, 0.717) is 12.8 Å². The first-order valence-corrected chi connectivity index (χ1v) is 4.72. The third kappa shape index (κ3) is 3.02. The molecule has 0 spiro atoms. The molecule has 0 aliphatic carbocycles. The highest BCUT2D eigenvalue weighted by Crippen LogP contribution is 2.09. The van der Waals surface area contributed by atoms with E-state index in [1.165, 1.54) is 0 Å². The van der Waals surface area contributed by atoms with Crippen LogP contribution in [-0.2, 0) is 0 Å². The number of rotatable bonds is 4. The lowest BCUT2D eigenvalue weighted by Crippen LogP contribution is -2.01. The summed E-state index contributed by atoms with van der Waals surface area (Å²) < 4.78 is 0. The van der Waals surface area contributed by atoms with Crippen LogP contribution in [0.3, 0.4) is 0 Å². The second-order valence-corrected chi connectivity index (χ2v) is 3.36. The molecule has 0 fully saturated rings. The highest BCUT2D eigenvalue weighted by atomic mass is 16.1. The van der Waals surface area contributed by atoms with Crippen LogP contribution in [0.4, 0.5) is 0 Å². The van der Waals surface area contributed by atoms with Crippen molar-refractivity contribution in [3.05, 3.63) is 35.9 Å². The predicted molar refractivity (Wildman–Crippen MR) is 54.8 cm³/mol. The molecule has 1 aromatic rings. The van der Waals surface area contributed by atoms with Crippen LogP contribution in [0.1, 0.15) is 30.1 Å². The van der Waals surface area contributed by atoms with E-state index in [4.69, 9.17) is 5.26 Å². The van der Waals surface area contributed by atoms with E-state index in [1.807, 2.05) is 25.1 Å². The van der Waals surface area contributed by atoms with Crippen molar-refractivity contribution < 1.29 is 4.79 Å². The lowest BCUT2D eigenvalue weighted by molar-refractivity contribution is 0.0977. The maximum atomic E-state index is 11.6. The van der Waals surface area contributed by atoms with Crippen molar-refractivity contribution in [1.29, 1.82) is 5.26 Å². The van der Waals surface area contributed by atoms with Crippen molar-refractivity contribution in [2.45, 2.75) is 19.8 Å². The van der Waals surface area contributed by atoms with Gasteiger partial charge < -0.3 is 0 Å². The summed E-state index contributed by atoms with van der Waals surface area (Å²) >= 11 is 0. The number of hydrogen-bond acceptors (Lipinski definition) is 2. The molecule has 1 rings (SSSR count). The van der Waals surface area contributed by atoms with Crippen molar-refractivity contribution in [1.82, 2.24) is 0 Å². The monoisotopic (exact) mass is 187 g/mol. The van der Waals surface area contributed by atoms with E-state index in [9.17, 15) is 4.79 Å². The van der Waals surface area contributed by atoms with E-state index < -0.39 is 0 Å². The van der Waals surface area contributed by atoms with Gasteiger partial charge in [-0.2, -0.15) is 5.26 Å². The highest BCUT2D eigenvalue weighted by Gasteiger charge is 2.07. The summed E-state index contributed by atoms with van der Waals surface area (Å²) in [6, 6.07) is 11.3. The van der Waals surface area contributed by atoms with Crippen LogP contribution in [0.25, 0.3) is 0 Å². The van der Waals surface area contributed by atoms with Crippen LogP contribution in [0, 0.1) is 17.2 Å². The molecule has 2 heteroatoms. The lowest BCUT2D eigenvalue weighted by atomic mass is 10.0. The lowest BCUT2D eigenvalue weighted by Gasteiger charge is -2.01. The number of nitriles is 1. The molecule has 0 saturated carbocycles. The standard InChI is InChI=1S/C12H13NO/c1-10(9-13)7-8-12(14)11-5-3-2-4-6-11/h2-6,10H,7-8H2,1H3/t10-/m1/s1. The van der Waals surface area contributed by atoms with Gasteiger partial charge in [0.2, 0.25) is 0 Å². The molecule has 0 aromatic heterocycles. The fourth-order valence-electron chi connectivity index (χ4n) is 1.18. The summed E-state index contributed by atoms with van der Waals surface area (Å²) in [7, 11) is 0. The number of Topliss-reactive ketones (excluding diaryl/α,β-unsaturated/α-hetero) is 1. The molecule has 0 bridgehead atoms. The second kappa shape index (κ2) is 5.18. The predicted octanol–water partition coefficient (Wildman–Crippen LogP) is 2.81. The molecule has 0 aliphatic rings. The Labute approximate surface area is 84.2 Å². The Hall–Kier alpha value is -1.62. The molecule has 0 saturated heterocycles. The van der Waals surface area contributed by atoms with Crippen molar-refractivity contribution in [2.75, 3.05) is 0 Å². The third-order valence-corrected chi connectivity index (χ3v) is 2.12. The largest absolute Gasteiger partial charge is 0.294 e. The van der Waals surface area contributed by atoms with Gasteiger partial charge in [0.25, 0.3) is 0 Å². The normalized spacial score (nSPS) is 11.7. The zero-order valence-corrected chi connectivity index (χ0v) is 8.23. The molecule has 0 radical (unpaired) electrons. The van der Waals surface area contributed by atoms with E-state index in [1.54, 1.807) is 12.1 Å². The Bertz CT molecular complexity index is 337. The van der Waals surface area contributed by atoms with Gasteiger partial charge >= 0.3 is 0 Å². The van der Waals surface area contributed by atoms with E-state index in [-0.39, 0.29) is 11.7 Å². The molecule has 0 heterocycles. The quantitative estimate of drug-likeness (QED) is 0.680. The minimum Gasteiger partial charge on any atom is -0.294 e. The number of hydrogen-bond donors (Lipinski definition) is 0. The molecule has 14 heavy (non-hydrogen) atoms. The fourth-order valence-corrected chi connectivity index (χ4v) is 1.18. The van der Waals surface area contributed by atoms with Gasteiger partial charge in [-0.25, -0.2) is 0 Å². The zero-order chi connectivity index (χ0) is 10.4. The minimum atomic E-state index is -0.0392.